The van der Waals surface area contributed by atoms with Gasteiger partial charge in [-0.05, 0) is 30.5 Å². The molecule has 4 nitrogen and oxygen atoms in total. The molecule has 0 aliphatic rings. The van der Waals surface area contributed by atoms with Crippen LogP contribution in [-0.2, 0) is 17.6 Å². The van der Waals surface area contributed by atoms with Gasteiger partial charge in [0, 0.05) is 13.0 Å². The molecule has 1 heterocycles. The van der Waals surface area contributed by atoms with Gasteiger partial charge in [-0.25, -0.2) is 0 Å². The quantitative estimate of drug-likeness (QED) is 0.809. The van der Waals surface area contributed by atoms with Crippen molar-refractivity contribution in [3.05, 3.63) is 60.1 Å². The minimum absolute atomic E-state index is 0.104. The van der Waals surface area contributed by atoms with Crippen molar-refractivity contribution in [3.8, 4) is 0 Å². The zero-order valence-electron chi connectivity index (χ0n) is 11.4. The van der Waals surface area contributed by atoms with Crippen LogP contribution in [0.5, 0.6) is 0 Å². The molecule has 2 aromatic rings. The molecular formula is C16H20N2O2. The summed E-state index contributed by atoms with van der Waals surface area (Å²) < 4.78 is 5.20. The SMILES string of the molecule is N[C@@H](CCc1ccccc1)C(=O)NCCc1ccco1. The number of furan rings is 1. The third-order valence-corrected chi connectivity index (χ3v) is 3.17. The number of amides is 1. The number of hydrogen-bond donors (Lipinski definition) is 2. The van der Waals surface area contributed by atoms with E-state index in [1.165, 1.54) is 5.56 Å². The van der Waals surface area contributed by atoms with Crippen LogP contribution in [0.1, 0.15) is 17.7 Å². The lowest BCUT2D eigenvalue weighted by Crippen LogP contribution is -2.41. The first-order valence-corrected chi connectivity index (χ1v) is 6.85. The molecule has 0 aliphatic heterocycles. The smallest absolute Gasteiger partial charge is 0.236 e. The second-order valence-electron chi connectivity index (χ2n) is 4.75. The Labute approximate surface area is 119 Å². The van der Waals surface area contributed by atoms with Gasteiger partial charge in [0.15, 0.2) is 0 Å². The molecule has 1 amide bonds. The van der Waals surface area contributed by atoms with Crippen molar-refractivity contribution in [2.24, 2.45) is 5.73 Å². The molecule has 4 heteroatoms. The Morgan fingerprint density at radius 2 is 1.95 bits per heavy atom. The lowest BCUT2D eigenvalue weighted by Gasteiger charge is -2.11. The number of hydrogen-bond acceptors (Lipinski definition) is 3. The molecule has 0 saturated carbocycles. The summed E-state index contributed by atoms with van der Waals surface area (Å²) in [5, 5.41) is 2.83. The largest absolute Gasteiger partial charge is 0.469 e. The third kappa shape index (κ3) is 4.55. The Hall–Kier alpha value is -2.07. The Morgan fingerprint density at radius 1 is 1.15 bits per heavy atom. The van der Waals surface area contributed by atoms with Gasteiger partial charge in [-0.1, -0.05) is 30.3 Å². The van der Waals surface area contributed by atoms with Crippen molar-refractivity contribution in [2.75, 3.05) is 6.54 Å². The fourth-order valence-electron chi connectivity index (χ4n) is 1.99. The first kappa shape index (κ1) is 14.3. The maximum atomic E-state index is 11.8. The number of aryl methyl sites for hydroxylation is 1. The summed E-state index contributed by atoms with van der Waals surface area (Å²) in [5.74, 6) is 0.760. The second kappa shape index (κ2) is 7.50. The van der Waals surface area contributed by atoms with Crippen LogP contribution < -0.4 is 11.1 Å². The lowest BCUT2D eigenvalue weighted by atomic mass is 10.1. The monoisotopic (exact) mass is 272 g/mol. The molecule has 1 aromatic heterocycles. The number of nitrogens with two attached hydrogens (primary N) is 1. The number of carbonyl (C=O) groups excluding carboxylic acids is 1. The zero-order chi connectivity index (χ0) is 14.2. The first-order chi connectivity index (χ1) is 9.75. The minimum Gasteiger partial charge on any atom is -0.469 e. The fourth-order valence-corrected chi connectivity index (χ4v) is 1.99. The van der Waals surface area contributed by atoms with Crippen LogP contribution >= 0.6 is 0 Å². The Kier molecular flexibility index (Phi) is 5.38. The van der Waals surface area contributed by atoms with Gasteiger partial charge in [0.25, 0.3) is 0 Å². The van der Waals surface area contributed by atoms with Gasteiger partial charge in [-0.15, -0.1) is 0 Å². The van der Waals surface area contributed by atoms with E-state index in [-0.39, 0.29) is 5.91 Å². The topological polar surface area (TPSA) is 68.3 Å². The van der Waals surface area contributed by atoms with Gasteiger partial charge in [0.05, 0.1) is 12.3 Å². The molecule has 1 atom stereocenters. The summed E-state index contributed by atoms with van der Waals surface area (Å²) in [5.41, 5.74) is 7.09. The van der Waals surface area contributed by atoms with Gasteiger partial charge in [-0.3, -0.25) is 4.79 Å². The van der Waals surface area contributed by atoms with Crippen LogP contribution in [-0.4, -0.2) is 18.5 Å². The van der Waals surface area contributed by atoms with Crippen molar-refractivity contribution in [2.45, 2.75) is 25.3 Å². The van der Waals surface area contributed by atoms with Crippen LogP contribution in [0.3, 0.4) is 0 Å². The van der Waals surface area contributed by atoms with E-state index in [9.17, 15) is 4.79 Å². The first-order valence-electron chi connectivity index (χ1n) is 6.85. The highest BCUT2D eigenvalue weighted by molar-refractivity contribution is 5.81. The molecule has 0 aliphatic carbocycles. The van der Waals surface area contributed by atoms with E-state index >= 15 is 0 Å². The summed E-state index contributed by atoms with van der Waals surface area (Å²) in [6.45, 7) is 0.547. The van der Waals surface area contributed by atoms with E-state index in [4.69, 9.17) is 10.2 Å². The molecule has 3 N–H and O–H groups in total. The van der Waals surface area contributed by atoms with Gasteiger partial charge >= 0.3 is 0 Å². The van der Waals surface area contributed by atoms with Crippen LogP contribution in [0.2, 0.25) is 0 Å². The summed E-state index contributed by atoms with van der Waals surface area (Å²) in [7, 11) is 0. The van der Waals surface area contributed by atoms with Crippen LogP contribution in [0.4, 0.5) is 0 Å². The van der Waals surface area contributed by atoms with Gasteiger partial charge in [0.2, 0.25) is 5.91 Å². The van der Waals surface area contributed by atoms with Crippen molar-refractivity contribution in [3.63, 3.8) is 0 Å². The molecule has 20 heavy (non-hydrogen) atoms. The molecule has 2 rings (SSSR count). The number of rotatable bonds is 7. The molecule has 0 saturated heterocycles. The van der Waals surface area contributed by atoms with Crippen molar-refractivity contribution in [1.82, 2.24) is 5.32 Å². The fraction of sp³-hybridized carbons (Fsp3) is 0.312. The Bertz CT molecular complexity index is 509. The normalized spacial score (nSPS) is 12.1. The van der Waals surface area contributed by atoms with Crippen molar-refractivity contribution < 1.29 is 9.21 Å². The van der Waals surface area contributed by atoms with Crippen LogP contribution in [0.25, 0.3) is 0 Å². The minimum atomic E-state index is -0.466. The average Bonchev–Trinajstić information content (AvgIpc) is 2.99. The summed E-state index contributed by atoms with van der Waals surface area (Å²) in [4.78, 5) is 11.8. The van der Waals surface area contributed by atoms with Crippen LogP contribution in [0.15, 0.2) is 53.1 Å². The molecule has 0 unspecified atom stereocenters. The molecule has 0 bridgehead atoms. The van der Waals surface area contributed by atoms with Crippen LogP contribution in [0, 0.1) is 0 Å². The summed E-state index contributed by atoms with van der Waals surface area (Å²) in [6, 6.07) is 13.3. The number of benzene rings is 1. The maximum absolute atomic E-state index is 11.8. The van der Waals surface area contributed by atoms with E-state index in [1.54, 1.807) is 6.26 Å². The zero-order valence-corrected chi connectivity index (χ0v) is 11.4. The van der Waals surface area contributed by atoms with E-state index in [2.05, 4.69) is 5.32 Å². The second-order valence-corrected chi connectivity index (χ2v) is 4.75. The predicted octanol–water partition coefficient (Wildman–Crippen LogP) is 1.90. The van der Waals surface area contributed by atoms with Gasteiger partial charge < -0.3 is 15.5 Å². The van der Waals surface area contributed by atoms with E-state index < -0.39 is 6.04 Å². The highest BCUT2D eigenvalue weighted by atomic mass is 16.3. The molecule has 106 valence electrons. The van der Waals surface area contributed by atoms with Crippen molar-refractivity contribution in [1.29, 1.82) is 0 Å². The maximum Gasteiger partial charge on any atom is 0.236 e. The molecular weight excluding hydrogens is 252 g/mol. The van der Waals surface area contributed by atoms with Crippen molar-refractivity contribution >= 4 is 5.91 Å². The molecule has 0 fully saturated rings. The average molecular weight is 272 g/mol. The predicted molar refractivity (Wildman–Crippen MR) is 78.2 cm³/mol. The van der Waals surface area contributed by atoms with E-state index in [0.29, 0.717) is 19.4 Å². The highest BCUT2D eigenvalue weighted by Gasteiger charge is 2.12. The summed E-state index contributed by atoms with van der Waals surface area (Å²) >= 11 is 0. The standard InChI is InChI=1S/C16H20N2O2/c17-15(9-8-13-5-2-1-3-6-13)16(19)18-11-10-14-7-4-12-20-14/h1-7,12,15H,8-11,17H2,(H,18,19)/t15-/m0/s1. The van der Waals surface area contributed by atoms with E-state index in [1.807, 2.05) is 42.5 Å². The third-order valence-electron chi connectivity index (χ3n) is 3.17. The summed E-state index contributed by atoms with van der Waals surface area (Å²) in [6.07, 6.45) is 3.77. The Balaban J connectivity index is 1.66. The number of carbonyl (C=O) groups is 1. The molecule has 0 spiro atoms. The van der Waals surface area contributed by atoms with E-state index in [0.717, 1.165) is 12.2 Å². The lowest BCUT2D eigenvalue weighted by molar-refractivity contribution is -0.122. The van der Waals surface area contributed by atoms with Gasteiger partial charge in [-0.2, -0.15) is 0 Å². The highest BCUT2D eigenvalue weighted by Crippen LogP contribution is 2.04. The number of nitrogens with one attached hydrogen (secondary N) is 1. The van der Waals surface area contributed by atoms with Gasteiger partial charge in [0.1, 0.15) is 5.76 Å². The molecule has 1 aromatic carbocycles. The molecule has 0 radical (unpaired) electrons. The Morgan fingerprint density at radius 3 is 2.65 bits per heavy atom.